The monoisotopic (exact) mass is 251 g/mol. The normalized spacial score (nSPS) is 21.1. The number of aliphatic hydroxyl groups is 1. The van der Waals surface area contributed by atoms with Gasteiger partial charge in [-0.3, -0.25) is 4.90 Å². The lowest BCUT2D eigenvalue weighted by Gasteiger charge is -2.32. The molecule has 1 heterocycles. The molecule has 18 heavy (non-hydrogen) atoms. The molecule has 1 aliphatic heterocycles. The van der Waals surface area contributed by atoms with Crippen molar-refractivity contribution in [3.05, 3.63) is 35.6 Å². The summed E-state index contributed by atoms with van der Waals surface area (Å²) in [4.78, 5) is 2.39. The van der Waals surface area contributed by atoms with Gasteiger partial charge in [-0.2, -0.15) is 0 Å². The van der Waals surface area contributed by atoms with Crippen molar-refractivity contribution in [1.29, 1.82) is 0 Å². The molecular formula is C15H22FNO. The Hall–Kier alpha value is -0.930. The first-order valence-electron chi connectivity index (χ1n) is 6.68. The van der Waals surface area contributed by atoms with Crippen LogP contribution in [0.15, 0.2) is 24.3 Å². The quantitative estimate of drug-likeness (QED) is 0.888. The maximum Gasteiger partial charge on any atom is 0.128 e. The van der Waals surface area contributed by atoms with Gasteiger partial charge in [0.15, 0.2) is 0 Å². The third-order valence-corrected chi connectivity index (χ3v) is 4.01. The van der Waals surface area contributed by atoms with Crippen molar-refractivity contribution >= 4 is 0 Å². The molecule has 3 heteroatoms. The molecule has 0 aromatic heterocycles. The van der Waals surface area contributed by atoms with Crippen LogP contribution in [-0.4, -0.2) is 28.6 Å². The molecule has 1 N–H and O–H groups in total. The molecule has 1 fully saturated rings. The predicted molar refractivity (Wildman–Crippen MR) is 70.9 cm³/mol. The maximum atomic E-state index is 13.5. The molecular weight excluding hydrogens is 229 g/mol. The second kappa shape index (κ2) is 5.37. The van der Waals surface area contributed by atoms with Gasteiger partial charge in [0.2, 0.25) is 0 Å². The van der Waals surface area contributed by atoms with Crippen LogP contribution in [0.1, 0.15) is 44.8 Å². The van der Waals surface area contributed by atoms with Crippen molar-refractivity contribution in [1.82, 2.24) is 4.90 Å². The molecule has 0 bridgehead atoms. The highest BCUT2D eigenvalue weighted by Crippen LogP contribution is 2.29. The Morgan fingerprint density at radius 3 is 2.72 bits per heavy atom. The molecule has 0 saturated carbocycles. The Labute approximate surface area is 108 Å². The van der Waals surface area contributed by atoms with E-state index in [9.17, 15) is 9.50 Å². The highest BCUT2D eigenvalue weighted by molar-refractivity contribution is 5.19. The third kappa shape index (κ3) is 2.90. The van der Waals surface area contributed by atoms with Crippen LogP contribution >= 0.6 is 0 Å². The number of likely N-dealkylation sites (tertiary alicyclic amines) is 1. The number of rotatable bonds is 4. The van der Waals surface area contributed by atoms with Gasteiger partial charge >= 0.3 is 0 Å². The van der Waals surface area contributed by atoms with Crippen molar-refractivity contribution < 1.29 is 9.50 Å². The van der Waals surface area contributed by atoms with Gasteiger partial charge in [0.05, 0.1) is 6.10 Å². The number of aliphatic hydroxyl groups excluding tert-OH is 1. The molecule has 0 amide bonds. The molecule has 1 aromatic rings. The Bertz CT molecular complexity index is 405. The molecule has 1 saturated heterocycles. The van der Waals surface area contributed by atoms with Crippen LogP contribution < -0.4 is 0 Å². The second-order valence-electron chi connectivity index (χ2n) is 5.73. The number of halogens is 1. The average Bonchev–Trinajstić information content (AvgIpc) is 2.66. The van der Waals surface area contributed by atoms with Gasteiger partial charge in [-0.25, -0.2) is 4.39 Å². The lowest BCUT2D eigenvalue weighted by Crippen LogP contribution is -2.39. The summed E-state index contributed by atoms with van der Waals surface area (Å²) in [6, 6.07) is 6.48. The Morgan fingerprint density at radius 2 is 2.11 bits per heavy atom. The van der Waals surface area contributed by atoms with E-state index in [1.165, 1.54) is 18.9 Å². The zero-order chi connectivity index (χ0) is 13.2. The van der Waals surface area contributed by atoms with Gasteiger partial charge in [0, 0.05) is 17.6 Å². The lowest BCUT2D eigenvalue weighted by atomic mass is 10.0. The lowest BCUT2D eigenvalue weighted by molar-refractivity contribution is 0.113. The fourth-order valence-electron chi connectivity index (χ4n) is 2.76. The molecule has 0 aliphatic carbocycles. The molecule has 2 nitrogen and oxygen atoms in total. The summed E-state index contributed by atoms with van der Waals surface area (Å²) in [5.74, 6) is -0.314. The number of hydrogen-bond acceptors (Lipinski definition) is 2. The molecule has 100 valence electrons. The van der Waals surface area contributed by atoms with Crippen molar-refractivity contribution in [3.63, 3.8) is 0 Å². The van der Waals surface area contributed by atoms with E-state index in [0.717, 1.165) is 13.1 Å². The van der Waals surface area contributed by atoms with Gasteiger partial charge in [0.25, 0.3) is 0 Å². The molecule has 1 unspecified atom stereocenters. The summed E-state index contributed by atoms with van der Waals surface area (Å²) in [6.07, 6.45) is 2.29. The summed E-state index contributed by atoms with van der Waals surface area (Å²) in [7, 11) is 0. The summed E-state index contributed by atoms with van der Waals surface area (Å²) in [5, 5.41) is 10.1. The van der Waals surface area contributed by atoms with Crippen LogP contribution in [0.25, 0.3) is 0 Å². The fourth-order valence-corrected chi connectivity index (χ4v) is 2.76. The first-order chi connectivity index (χ1) is 8.50. The molecule has 0 radical (unpaired) electrons. The number of hydrogen-bond donors (Lipinski definition) is 1. The topological polar surface area (TPSA) is 23.5 Å². The van der Waals surface area contributed by atoms with Crippen LogP contribution in [0.5, 0.6) is 0 Å². The summed E-state index contributed by atoms with van der Waals surface area (Å²) in [6.45, 7) is 6.37. The second-order valence-corrected chi connectivity index (χ2v) is 5.73. The minimum Gasteiger partial charge on any atom is -0.388 e. The van der Waals surface area contributed by atoms with Crippen LogP contribution in [0.4, 0.5) is 4.39 Å². The van der Waals surface area contributed by atoms with Gasteiger partial charge in [-0.1, -0.05) is 18.2 Å². The summed E-state index contributed by atoms with van der Waals surface area (Å²) < 4.78 is 13.5. The minimum absolute atomic E-state index is 0.217. The van der Waals surface area contributed by atoms with Crippen LogP contribution in [0.3, 0.4) is 0 Å². The van der Waals surface area contributed by atoms with Gasteiger partial charge in [-0.05, 0) is 45.7 Å². The largest absolute Gasteiger partial charge is 0.388 e. The van der Waals surface area contributed by atoms with E-state index in [4.69, 9.17) is 0 Å². The van der Waals surface area contributed by atoms with E-state index < -0.39 is 6.10 Å². The zero-order valence-electron chi connectivity index (χ0n) is 11.2. The van der Waals surface area contributed by atoms with E-state index in [2.05, 4.69) is 18.7 Å². The van der Waals surface area contributed by atoms with Crippen LogP contribution in [-0.2, 0) is 0 Å². The van der Waals surface area contributed by atoms with Crippen molar-refractivity contribution in [2.45, 2.75) is 44.8 Å². The van der Waals surface area contributed by atoms with E-state index in [-0.39, 0.29) is 11.4 Å². The molecule has 1 atom stereocenters. The Balaban J connectivity index is 1.93. The first kappa shape index (κ1) is 13.5. The van der Waals surface area contributed by atoms with Crippen molar-refractivity contribution in [2.75, 3.05) is 13.1 Å². The number of benzene rings is 1. The van der Waals surface area contributed by atoms with Crippen LogP contribution in [0, 0.1) is 5.82 Å². The van der Waals surface area contributed by atoms with E-state index in [1.54, 1.807) is 18.2 Å². The van der Waals surface area contributed by atoms with Gasteiger partial charge in [0.1, 0.15) is 5.82 Å². The molecule has 0 spiro atoms. The highest BCUT2D eigenvalue weighted by Gasteiger charge is 2.31. The highest BCUT2D eigenvalue weighted by atomic mass is 19.1. The van der Waals surface area contributed by atoms with Crippen molar-refractivity contribution in [3.8, 4) is 0 Å². The average molecular weight is 251 g/mol. The zero-order valence-corrected chi connectivity index (χ0v) is 11.2. The Morgan fingerprint density at radius 1 is 1.39 bits per heavy atom. The summed E-state index contributed by atoms with van der Waals surface area (Å²) in [5.41, 5.74) is 0.629. The summed E-state index contributed by atoms with van der Waals surface area (Å²) >= 11 is 0. The predicted octanol–water partition coefficient (Wildman–Crippen LogP) is 3.12. The van der Waals surface area contributed by atoms with Crippen molar-refractivity contribution in [2.24, 2.45) is 0 Å². The molecule has 1 aliphatic rings. The Kier molecular flexibility index (Phi) is 4.03. The van der Waals surface area contributed by atoms with E-state index >= 15 is 0 Å². The SMILES string of the molecule is CC1(C)CCCN1CCC(O)c1ccccc1F. The van der Waals surface area contributed by atoms with Gasteiger partial charge < -0.3 is 5.11 Å². The van der Waals surface area contributed by atoms with Gasteiger partial charge in [-0.15, -0.1) is 0 Å². The molecule has 1 aromatic carbocycles. The van der Waals surface area contributed by atoms with E-state index in [0.29, 0.717) is 12.0 Å². The van der Waals surface area contributed by atoms with Crippen LogP contribution in [0.2, 0.25) is 0 Å². The standard InChI is InChI=1S/C15H22FNO/c1-15(2)9-5-10-17(15)11-8-14(18)12-6-3-4-7-13(12)16/h3-4,6-7,14,18H,5,8-11H2,1-2H3. The van der Waals surface area contributed by atoms with E-state index in [1.807, 2.05) is 0 Å². The molecule has 2 rings (SSSR count). The smallest absolute Gasteiger partial charge is 0.128 e. The number of nitrogens with zero attached hydrogens (tertiary/aromatic N) is 1. The maximum absolute atomic E-state index is 13.5. The first-order valence-corrected chi connectivity index (χ1v) is 6.68. The third-order valence-electron chi connectivity index (χ3n) is 4.01. The minimum atomic E-state index is -0.706. The fraction of sp³-hybridized carbons (Fsp3) is 0.600.